The molecule has 0 bridgehead atoms. The minimum Gasteiger partial charge on any atom is -0.354 e. The summed E-state index contributed by atoms with van der Waals surface area (Å²) in [7, 11) is 0. The lowest BCUT2D eigenvalue weighted by atomic mass is 9.89. The SMILES string of the molecule is CCC1(C=O)COCOC1. The molecule has 0 unspecified atom stereocenters. The lowest BCUT2D eigenvalue weighted by molar-refractivity contribution is -0.168. The van der Waals surface area contributed by atoms with Gasteiger partial charge in [-0.05, 0) is 6.42 Å². The molecule has 0 atom stereocenters. The highest BCUT2D eigenvalue weighted by atomic mass is 16.7. The van der Waals surface area contributed by atoms with Gasteiger partial charge in [0, 0.05) is 0 Å². The summed E-state index contributed by atoms with van der Waals surface area (Å²) in [5.74, 6) is 0. The molecular weight excluding hydrogens is 132 g/mol. The van der Waals surface area contributed by atoms with Crippen LogP contribution in [0.2, 0.25) is 0 Å². The first-order chi connectivity index (χ1) is 4.83. The number of hydrogen-bond acceptors (Lipinski definition) is 3. The number of hydrogen-bond donors (Lipinski definition) is 0. The van der Waals surface area contributed by atoms with Gasteiger partial charge in [0.2, 0.25) is 0 Å². The van der Waals surface area contributed by atoms with Gasteiger partial charge in [-0.15, -0.1) is 0 Å². The van der Waals surface area contributed by atoms with Crippen molar-refractivity contribution >= 4 is 6.29 Å². The molecule has 1 aliphatic rings. The molecule has 1 aliphatic heterocycles. The fourth-order valence-corrected chi connectivity index (χ4v) is 0.946. The summed E-state index contributed by atoms with van der Waals surface area (Å²) in [4.78, 5) is 10.6. The molecule has 1 saturated heterocycles. The summed E-state index contributed by atoms with van der Waals surface area (Å²) in [6, 6.07) is 0. The molecule has 0 radical (unpaired) electrons. The van der Waals surface area contributed by atoms with Crippen molar-refractivity contribution < 1.29 is 14.3 Å². The molecule has 1 heterocycles. The molecule has 0 spiro atoms. The van der Waals surface area contributed by atoms with E-state index < -0.39 is 0 Å². The molecule has 1 fully saturated rings. The normalized spacial score (nSPS) is 24.1. The summed E-state index contributed by atoms with van der Waals surface area (Å²) in [6.45, 7) is 3.31. The van der Waals surface area contributed by atoms with E-state index in [9.17, 15) is 4.79 Å². The van der Waals surface area contributed by atoms with Crippen LogP contribution in [-0.2, 0) is 14.3 Å². The first kappa shape index (κ1) is 7.69. The van der Waals surface area contributed by atoms with Gasteiger partial charge >= 0.3 is 0 Å². The summed E-state index contributed by atoms with van der Waals surface area (Å²) < 4.78 is 10.0. The fourth-order valence-electron chi connectivity index (χ4n) is 0.946. The third kappa shape index (κ3) is 1.36. The number of carbonyl (C=O) groups excluding carboxylic acids is 1. The largest absolute Gasteiger partial charge is 0.354 e. The second-order valence-corrected chi connectivity index (χ2v) is 2.65. The number of aldehydes is 1. The molecule has 10 heavy (non-hydrogen) atoms. The molecule has 0 aromatic heterocycles. The van der Waals surface area contributed by atoms with E-state index in [4.69, 9.17) is 9.47 Å². The minimum absolute atomic E-state index is 0.329. The van der Waals surface area contributed by atoms with Crippen LogP contribution in [0.5, 0.6) is 0 Å². The van der Waals surface area contributed by atoms with Crippen molar-refractivity contribution in [2.24, 2.45) is 5.41 Å². The fraction of sp³-hybridized carbons (Fsp3) is 0.857. The van der Waals surface area contributed by atoms with E-state index in [-0.39, 0.29) is 5.41 Å². The van der Waals surface area contributed by atoms with E-state index in [0.29, 0.717) is 20.0 Å². The van der Waals surface area contributed by atoms with Crippen molar-refractivity contribution in [2.45, 2.75) is 13.3 Å². The van der Waals surface area contributed by atoms with Crippen LogP contribution in [0.25, 0.3) is 0 Å². The maximum Gasteiger partial charge on any atom is 0.146 e. The predicted molar refractivity (Wildman–Crippen MR) is 35.6 cm³/mol. The van der Waals surface area contributed by atoms with E-state index in [0.717, 1.165) is 12.7 Å². The first-order valence-electron chi connectivity index (χ1n) is 3.45. The Balaban J connectivity index is 2.52. The average molecular weight is 144 g/mol. The maximum absolute atomic E-state index is 10.6. The Hall–Kier alpha value is -0.410. The summed E-state index contributed by atoms with van der Waals surface area (Å²) >= 11 is 0. The van der Waals surface area contributed by atoms with E-state index in [1.54, 1.807) is 0 Å². The Labute approximate surface area is 60.3 Å². The van der Waals surface area contributed by atoms with E-state index in [1.807, 2.05) is 6.92 Å². The molecule has 0 N–H and O–H groups in total. The molecule has 0 amide bonds. The first-order valence-corrected chi connectivity index (χ1v) is 3.45. The number of ether oxygens (including phenoxy) is 2. The minimum atomic E-state index is -0.363. The highest BCUT2D eigenvalue weighted by Crippen LogP contribution is 2.22. The Morgan fingerprint density at radius 1 is 1.50 bits per heavy atom. The van der Waals surface area contributed by atoms with Gasteiger partial charge in [-0.2, -0.15) is 0 Å². The molecule has 58 valence electrons. The quantitative estimate of drug-likeness (QED) is 0.532. The van der Waals surface area contributed by atoms with Crippen LogP contribution >= 0.6 is 0 Å². The van der Waals surface area contributed by atoms with Gasteiger partial charge in [-0.3, -0.25) is 0 Å². The monoisotopic (exact) mass is 144 g/mol. The van der Waals surface area contributed by atoms with E-state index in [1.165, 1.54) is 0 Å². The highest BCUT2D eigenvalue weighted by molar-refractivity contribution is 5.59. The van der Waals surface area contributed by atoms with E-state index in [2.05, 4.69) is 0 Å². The summed E-state index contributed by atoms with van der Waals surface area (Å²) in [6.07, 6.45) is 1.72. The van der Waals surface area contributed by atoms with Crippen LogP contribution in [0.3, 0.4) is 0 Å². The van der Waals surface area contributed by atoms with Crippen LogP contribution in [-0.4, -0.2) is 26.3 Å². The lowest BCUT2D eigenvalue weighted by Crippen LogP contribution is -2.38. The molecule has 1 rings (SSSR count). The zero-order valence-corrected chi connectivity index (χ0v) is 6.13. The van der Waals surface area contributed by atoms with Crippen LogP contribution in [0, 0.1) is 5.41 Å². The van der Waals surface area contributed by atoms with Gasteiger partial charge in [-0.1, -0.05) is 6.92 Å². The molecule has 0 saturated carbocycles. The standard InChI is InChI=1S/C7H12O3/c1-2-7(3-8)4-9-6-10-5-7/h3H,2,4-6H2,1H3. The zero-order chi connectivity index (χ0) is 7.45. The third-order valence-electron chi connectivity index (χ3n) is 1.90. The second-order valence-electron chi connectivity index (χ2n) is 2.65. The zero-order valence-electron chi connectivity index (χ0n) is 6.13. The maximum atomic E-state index is 10.6. The lowest BCUT2D eigenvalue weighted by Gasteiger charge is -2.30. The van der Waals surface area contributed by atoms with Crippen molar-refractivity contribution in [3.63, 3.8) is 0 Å². The van der Waals surface area contributed by atoms with Crippen LogP contribution in [0.4, 0.5) is 0 Å². The van der Waals surface area contributed by atoms with Gasteiger partial charge in [-0.25, -0.2) is 0 Å². The van der Waals surface area contributed by atoms with Crippen LogP contribution in [0.1, 0.15) is 13.3 Å². The van der Waals surface area contributed by atoms with Crippen molar-refractivity contribution in [3.05, 3.63) is 0 Å². The second kappa shape index (κ2) is 3.12. The average Bonchev–Trinajstić information content (AvgIpc) is 2.06. The van der Waals surface area contributed by atoms with E-state index >= 15 is 0 Å². The Morgan fingerprint density at radius 2 is 2.10 bits per heavy atom. The molecule has 3 nitrogen and oxygen atoms in total. The van der Waals surface area contributed by atoms with Gasteiger partial charge in [0.15, 0.2) is 0 Å². The topological polar surface area (TPSA) is 35.5 Å². The molecule has 0 aromatic rings. The number of rotatable bonds is 2. The number of carbonyl (C=O) groups is 1. The van der Waals surface area contributed by atoms with Crippen molar-refractivity contribution in [3.8, 4) is 0 Å². The summed E-state index contributed by atoms with van der Waals surface area (Å²) in [5, 5.41) is 0. The van der Waals surface area contributed by atoms with Crippen molar-refractivity contribution in [1.29, 1.82) is 0 Å². The molecular formula is C7H12O3. The molecule has 0 aliphatic carbocycles. The van der Waals surface area contributed by atoms with Crippen molar-refractivity contribution in [1.82, 2.24) is 0 Å². The van der Waals surface area contributed by atoms with Crippen LogP contribution < -0.4 is 0 Å². The Bertz CT molecular complexity index is 116. The van der Waals surface area contributed by atoms with Gasteiger partial charge in [0.05, 0.1) is 18.6 Å². The van der Waals surface area contributed by atoms with Gasteiger partial charge in [0.25, 0.3) is 0 Å². The van der Waals surface area contributed by atoms with Gasteiger partial charge < -0.3 is 14.3 Å². The summed E-state index contributed by atoms with van der Waals surface area (Å²) in [5.41, 5.74) is -0.363. The molecule has 0 aromatic carbocycles. The van der Waals surface area contributed by atoms with Crippen molar-refractivity contribution in [2.75, 3.05) is 20.0 Å². The highest BCUT2D eigenvalue weighted by Gasteiger charge is 2.31. The van der Waals surface area contributed by atoms with Crippen LogP contribution in [0.15, 0.2) is 0 Å². The van der Waals surface area contributed by atoms with Gasteiger partial charge in [0.1, 0.15) is 13.1 Å². The third-order valence-corrected chi connectivity index (χ3v) is 1.90. The smallest absolute Gasteiger partial charge is 0.146 e. The predicted octanol–water partition coefficient (Wildman–Crippen LogP) is 0.586. The Kier molecular flexibility index (Phi) is 2.40. The Morgan fingerprint density at radius 3 is 2.40 bits per heavy atom. The molecule has 3 heteroatoms.